The lowest BCUT2D eigenvalue weighted by Gasteiger charge is -2.00. The molecule has 0 fully saturated rings. The predicted molar refractivity (Wildman–Crippen MR) is 54.3 cm³/mol. The van der Waals surface area contributed by atoms with Crippen molar-refractivity contribution in [1.82, 2.24) is 14.6 Å². The van der Waals surface area contributed by atoms with Gasteiger partial charge >= 0.3 is 5.97 Å². The van der Waals surface area contributed by atoms with Crippen LogP contribution in [0.5, 0.6) is 0 Å². The van der Waals surface area contributed by atoms with Gasteiger partial charge in [-0.05, 0) is 12.1 Å². The highest BCUT2D eigenvalue weighted by Crippen LogP contribution is 2.07. The van der Waals surface area contributed by atoms with Crippen LogP contribution < -0.4 is 0 Å². The molecule has 0 aromatic carbocycles. The largest absolute Gasteiger partial charge is 0.464 e. The third kappa shape index (κ3) is 1.54. The summed E-state index contributed by atoms with van der Waals surface area (Å²) in [5, 5.41) is 3.99. The number of aromatic nitrogens is 3. The van der Waals surface area contributed by atoms with Gasteiger partial charge in [0.05, 0.1) is 13.3 Å². The number of rotatable bonds is 2. The van der Waals surface area contributed by atoms with Gasteiger partial charge in [-0.1, -0.05) is 0 Å². The van der Waals surface area contributed by atoms with Gasteiger partial charge in [-0.3, -0.25) is 4.79 Å². The summed E-state index contributed by atoms with van der Waals surface area (Å²) in [7, 11) is 1.27. The zero-order valence-corrected chi connectivity index (χ0v) is 8.80. The van der Waals surface area contributed by atoms with E-state index in [1.54, 1.807) is 6.07 Å². The second-order valence-electron chi connectivity index (χ2n) is 3.18. The number of esters is 1. The predicted octanol–water partition coefficient (Wildman–Crippen LogP) is 0.718. The van der Waals surface area contributed by atoms with Crippen molar-refractivity contribution in [1.29, 1.82) is 0 Å². The highest BCUT2D eigenvalue weighted by Gasteiger charge is 2.12. The van der Waals surface area contributed by atoms with E-state index in [0.717, 1.165) is 0 Å². The minimum atomic E-state index is -0.551. The number of carbonyl (C=O) groups excluding carboxylic acids is 2. The Kier molecular flexibility index (Phi) is 2.40. The molecule has 0 unspecified atom stereocenters. The van der Waals surface area contributed by atoms with Crippen LogP contribution in [-0.2, 0) is 4.74 Å². The SMILES string of the molecule is COC(=O)c1ccc2ncc(C(C)=O)n2n1. The molecule has 0 atom stereocenters. The molecule has 16 heavy (non-hydrogen) atoms. The van der Waals surface area contributed by atoms with Crippen LogP contribution >= 0.6 is 0 Å². The molecular weight excluding hydrogens is 210 g/mol. The zero-order valence-electron chi connectivity index (χ0n) is 8.80. The fraction of sp³-hybridized carbons (Fsp3) is 0.200. The van der Waals surface area contributed by atoms with E-state index in [1.165, 1.54) is 30.8 Å². The lowest BCUT2D eigenvalue weighted by atomic mass is 10.3. The lowest BCUT2D eigenvalue weighted by molar-refractivity contribution is 0.0592. The molecule has 2 aromatic heterocycles. The molecule has 0 radical (unpaired) electrons. The maximum Gasteiger partial charge on any atom is 0.358 e. The summed E-state index contributed by atoms with van der Waals surface area (Å²) in [5.41, 5.74) is 0.981. The molecule has 0 N–H and O–H groups in total. The van der Waals surface area contributed by atoms with Gasteiger partial charge in [0.15, 0.2) is 17.1 Å². The first kappa shape index (κ1) is 10.3. The molecule has 2 heterocycles. The van der Waals surface area contributed by atoms with E-state index in [4.69, 9.17) is 0 Å². The molecule has 2 rings (SSSR count). The molecule has 0 aliphatic heterocycles. The third-order valence-corrected chi connectivity index (χ3v) is 2.12. The van der Waals surface area contributed by atoms with Crippen LogP contribution in [-0.4, -0.2) is 33.5 Å². The Labute approximate surface area is 90.9 Å². The van der Waals surface area contributed by atoms with Crippen LogP contribution in [0.1, 0.15) is 27.9 Å². The van der Waals surface area contributed by atoms with E-state index in [2.05, 4.69) is 14.8 Å². The van der Waals surface area contributed by atoms with Crippen molar-refractivity contribution < 1.29 is 14.3 Å². The summed E-state index contributed by atoms with van der Waals surface area (Å²) in [6, 6.07) is 3.10. The number of nitrogens with zero attached hydrogens (tertiary/aromatic N) is 3. The average molecular weight is 219 g/mol. The number of hydrogen-bond donors (Lipinski definition) is 0. The standard InChI is InChI=1S/C10H9N3O3/c1-6(14)8-5-11-9-4-3-7(10(15)16-2)12-13(8)9/h3-5H,1-2H3. The molecule has 6 heteroatoms. The van der Waals surface area contributed by atoms with Gasteiger partial charge < -0.3 is 4.74 Å². The molecule has 82 valence electrons. The topological polar surface area (TPSA) is 73.6 Å². The van der Waals surface area contributed by atoms with Crippen molar-refractivity contribution in [2.45, 2.75) is 6.92 Å². The van der Waals surface area contributed by atoms with Crippen molar-refractivity contribution in [3.05, 3.63) is 29.7 Å². The highest BCUT2D eigenvalue weighted by molar-refractivity contribution is 5.93. The van der Waals surface area contributed by atoms with Gasteiger partial charge in [-0.2, -0.15) is 5.10 Å². The number of carbonyl (C=O) groups is 2. The number of ether oxygens (including phenoxy) is 1. The highest BCUT2D eigenvalue weighted by atomic mass is 16.5. The average Bonchev–Trinajstić information content (AvgIpc) is 2.70. The van der Waals surface area contributed by atoms with E-state index in [-0.39, 0.29) is 11.5 Å². The summed E-state index contributed by atoms with van der Waals surface area (Å²) in [6.45, 7) is 1.41. The molecule has 2 aromatic rings. The Morgan fingerprint density at radius 2 is 2.12 bits per heavy atom. The fourth-order valence-electron chi connectivity index (χ4n) is 1.33. The number of Topliss-reactive ketones (excluding diaryl/α,β-unsaturated/α-hetero) is 1. The first-order valence-electron chi connectivity index (χ1n) is 4.57. The molecule has 6 nitrogen and oxygen atoms in total. The summed E-state index contributed by atoms with van der Waals surface area (Å²) in [4.78, 5) is 26.5. The van der Waals surface area contributed by atoms with E-state index in [9.17, 15) is 9.59 Å². The number of hydrogen-bond acceptors (Lipinski definition) is 5. The van der Waals surface area contributed by atoms with E-state index >= 15 is 0 Å². The van der Waals surface area contributed by atoms with Gasteiger partial charge in [0.2, 0.25) is 0 Å². The summed E-state index contributed by atoms with van der Waals surface area (Å²) >= 11 is 0. The van der Waals surface area contributed by atoms with Crippen molar-refractivity contribution in [3.63, 3.8) is 0 Å². The van der Waals surface area contributed by atoms with Crippen LogP contribution in [0.25, 0.3) is 5.65 Å². The van der Waals surface area contributed by atoms with E-state index in [0.29, 0.717) is 11.3 Å². The maximum atomic E-state index is 11.3. The smallest absolute Gasteiger partial charge is 0.358 e. The van der Waals surface area contributed by atoms with Gasteiger partial charge in [0, 0.05) is 6.92 Å². The Bertz CT molecular complexity index is 574. The normalized spacial score (nSPS) is 10.4. The molecule has 0 saturated heterocycles. The molecule has 0 aliphatic carbocycles. The zero-order chi connectivity index (χ0) is 11.7. The number of ketones is 1. The second-order valence-corrected chi connectivity index (χ2v) is 3.18. The fourth-order valence-corrected chi connectivity index (χ4v) is 1.33. The van der Waals surface area contributed by atoms with Crippen molar-refractivity contribution in [2.24, 2.45) is 0 Å². The molecule has 0 spiro atoms. The Morgan fingerprint density at radius 1 is 1.38 bits per heavy atom. The van der Waals surface area contributed by atoms with Gasteiger partial charge in [0.25, 0.3) is 0 Å². The minimum Gasteiger partial charge on any atom is -0.464 e. The Morgan fingerprint density at radius 3 is 2.75 bits per heavy atom. The number of fused-ring (bicyclic) bond motifs is 1. The molecule has 0 amide bonds. The summed E-state index contributed by atoms with van der Waals surface area (Å²) in [5.74, 6) is -0.716. The van der Waals surface area contributed by atoms with Crippen molar-refractivity contribution >= 4 is 17.4 Å². The van der Waals surface area contributed by atoms with Crippen LogP contribution in [0.15, 0.2) is 18.3 Å². The number of methoxy groups -OCH3 is 1. The molecular formula is C10H9N3O3. The van der Waals surface area contributed by atoms with Gasteiger partial charge in [0.1, 0.15) is 5.69 Å². The van der Waals surface area contributed by atoms with Gasteiger partial charge in [-0.15, -0.1) is 0 Å². The van der Waals surface area contributed by atoms with Crippen LogP contribution in [0.3, 0.4) is 0 Å². The van der Waals surface area contributed by atoms with Crippen molar-refractivity contribution in [3.8, 4) is 0 Å². The van der Waals surface area contributed by atoms with Gasteiger partial charge in [-0.25, -0.2) is 14.3 Å². The summed E-state index contributed by atoms with van der Waals surface area (Å²) in [6.07, 6.45) is 1.42. The van der Waals surface area contributed by atoms with Crippen molar-refractivity contribution in [2.75, 3.05) is 7.11 Å². The monoisotopic (exact) mass is 219 g/mol. The molecule has 0 bridgehead atoms. The van der Waals surface area contributed by atoms with Crippen LogP contribution in [0, 0.1) is 0 Å². The van der Waals surface area contributed by atoms with Crippen LogP contribution in [0.2, 0.25) is 0 Å². The van der Waals surface area contributed by atoms with E-state index < -0.39 is 5.97 Å². The minimum absolute atomic E-state index is 0.135. The van der Waals surface area contributed by atoms with E-state index in [1.807, 2.05) is 0 Å². The molecule has 0 saturated carbocycles. The maximum absolute atomic E-state index is 11.3. The first-order valence-corrected chi connectivity index (χ1v) is 4.57. The third-order valence-electron chi connectivity index (χ3n) is 2.12. The first-order chi connectivity index (χ1) is 7.63. The summed E-state index contributed by atoms with van der Waals surface area (Å²) < 4.78 is 5.87. The quantitative estimate of drug-likeness (QED) is 0.549. The molecule has 0 aliphatic rings. The van der Waals surface area contributed by atoms with Crippen LogP contribution in [0.4, 0.5) is 0 Å². The number of imidazole rings is 1. The Hall–Kier alpha value is -2.24. The lowest BCUT2D eigenvalue weighted by Crippen LogP contribution is -2.09. The second kappa shape index (κ2) is 3.73. The Balaban J connectivity index is 2.63.